The molecule has 0 amide bonds. The molecule has 0 bridgehead atoms. The van der Waals surface area contributed by atoms with Gasteiger partial charge in [-0.15, -0.1) is 10.9 Å². The molecule has 0 unspecified atom stereocenters. The van der Waals surface area contributed by atoms with Crippen molar-refractivity contribution in [1.82, 2.24) is 0 Å². The predicted molar refractivity (Wildman–Crippen MR) is 116 cm³/mol. The maximum absolute atomic E-state index is 5.89. The quantitative estimate of drug-likeness (QED) is 0.533. The van der Waals surface area contributed by atoms with Crippen LogP contribution in [0.4, 0.5) is 0 Å². The van der Waals surface area contributed by atoms with Crippen LogP contribution in [0.1, 0.15) is 55.4 Å². The third-order valence-electron chi connectivity index (χ3n) is 6.43. The van der Waals surface area contributed by atoms with Gasteiger partial charge in [0.2, 0.25) is 0 Å². The molecule has 2 aromatic rings. The van der Waals surface area contributed by atoms with Crippen LogP contribution in [0.5, 0.6) is 0 Å². The summed E-state index contributed by atoms with van der Waals surface area (Å²) in [6, 6.07) is 16.1. The monoisotopic (exact) mass is 438 g/mol. The Hall–Kier alpha value is -0.811. The van der Waals surface area contributed by atoms with Crippen molar-refractivity contribution in [3.05, 3.63) is 48.5 Å². The van der Waals surface area contributed by atoms with Gasteiger partial charge in [-0.05, 0) is 55.4 Å². The molecule has 2 aromatic carbocycles. The average Bonchev–Trinajstić information content (AvgIpc) is 3.31. The molecule has 7 heteroatoms. The molecule has 0 aromatic heterocycles. The van der Waals surface area contributed by atoms with Crippen molar-refractivity contribution in [1.29, 1.82) is 0 Å². The molecule has 0 aliphatic carbocycles. The Bertz CT molecular complexity index is 669. The summed E-state index contributed by atoms with van der Waals surface area (Å²) in [5.74, 6) is 0. The fraction of sp³-hybridized carbons (Fsp3) is 0.545. The molecule has 4 nitrogen and oxygen atoms in total. The molecule has 2 saturated heterocycles. The Balaban J connectivity index is 0.000000200. The Labute approximate surface area is 187 Å². The van der Waals surface area contributed by atoms with Crippen molar-refractivity contribution < 1.29 is 35.7 Å². The van der Waals surface area contributed by atoms with Crippen molar-refractivity contribution in [2.24, 2.45) is 0 Å². The van der Waals surface area contributed by atoms with E-state index in [4.69, 9.17) is 18.6 Å². The summed E-state index contributed by atoms with van der Waals surface area (Å²) >= 11 is 0. The number of hydrogen-bond donors (Lipinski definition) is 0. The van der Waals surface area contributed by atoms with Crippen LogP contribution >= 0.6 is 0 Å². The average molecular weight is 438 g/mol. The van der Waals surface area contributed by atoms with Gasteiger partial charge in [0.25, 0.3) is 0 Å². The van der Waals surface area contributed by atoms with E-state index >= 15 is 0 Å². The minimum atomic E-state index is -0.241. The van der Waals surface area contributed by atoms with Gasteiger partial charge in [-0.2, -0.15) is 24.3 Å². The van der Waals surface area contributed by atoms with E-state index < -0.39 is 0 Å². The van der Waals surface area contributed by atoms with Crippen LogP contribution < -0.4 is 10.9 Å². The summed E-state index contributed by atoms with van der Waals surface area (Å²) in [7, 11) is -0.426. The molecule has 0 N–H and O–H groups in total. The fourth-order valence-electron chi connectivity index (χ4n) is 3.05. The van der Waals surface area contributed by atoms with Crippen LogP contribution in [0, 0.1) is 0 Å². The van der Waals surface area contributed by atoms with Gasteiger partial charge in [0.1, 0.15) is 0 Å². The summed E-state index contributed by atoms with van der Waals surface area (Å²) in [5.41, 5.74) is 1.24. The second-order valence-electron chi connectivity index (χ2n) is 9.61. The molecule has 2 heterocycles. The smallest absolute Gasteiger partial charge is 0.401 e. The van der Waals surface area contributed by atoms with Crippen LogP contribution in [0.3, 0.4) is 0 Å². The van der Waals surface area contributed by atoms with E-state index in [-0.39, 0.29) is 53.7 Å². The van der Waals surface area contributed by atoms with Crippen molar-refractivity contribution in [3.8, 4) is 0 Å². The van der Waals surface area contributed by atoms with Gasteiger partial charge >= 0.3 is 31.3 Å². The van der Waals surface area contributed by atoms with Gasteiger partial charge in [-0.1, -0.05) is 0 Å². The standard InChI is InChI=1S/2C11H16BO2.Fe/c2*1-10(2)11(3,4)14-12(13-10)9-7-5-6-8-9;/h2*5-8H,1-4H3;/q2*-1;+2. The van der Waals surface area contributed by atoms with Gasteiger partial charge in [0.05, 0.1) is 22.4 Å². The van der Waals surface area contributed by atoms with Gasteiger partial charge in [0.15, 0.2) is 0 Å². The molecular formula is C22H32B2FeO4. The molecule has 2 aliphatic heterocycles. The Morgan fingerprint density at radius 2 is 0.862 bits per heavy atom. The molecule has 0 atom stereocenters. The predicted octanol–water partition coefficient (Wildman–Crippen LogP) is 3.41. The molecule has 0 saturated carbocycles. The summed E-state index contributed by atoms with van der Waals surface area (Å²) in [6.07, 6.45) is 0. The third-order valence-corrected chi connectivity index (χ3v) is 6.43. The normalized spacial score (nSPS) is 23.3. The molecule has 2 aliphatic rings. The molecule has 2 fully saturated rings. The third kappa shape index (κ3) is 4.92. The first-order chi connectivity index (χ1) is 12.8. The van der Waals surface area contributed by atoms with E-state index in [1.807, 2.05) is 48.5 Å². The zero-order chi connectivity index (χ0) is 20.8. The zero-order valence-corrected chi connectivity index (χ0v) is 19.9. The Kier molecular flexibility index (Phi) is 7.06. The van der Waals surface area contributed by atoms with Crippen molar-refractivity contribution >= 4 is 25.2 Å². The Morgan fingerprint density at radius 1 is 0.586 bits per heavy atom. The first-order valence-electron chi connectivity index (χ1n) is 9.99. The topological polar surface area (TPSA) is 36.9 Å². The summed E-state index contributed by atoms with van der Waals surface area (Å²) in [5, 5.41) is 0. The maximum Gasteiger partial charge on any atom is 2.00 e. The van der Waals surface area contributed by atoms with Crippen molar-refractivity contribution in [3.63, 3.8) is 0 Å². The summed E-state index contributed by atoms with van der Waals surface area (Å²) in [6.45, 7) is 16.5. The zero-order valence-electron chi connectivity index (χ0n) is 18.8. The summed E-state index contributed by atoms with van der Waals surface area (Å²) in [4.78, 5) is 0. The second-order valence-corrected chi connectivity index (χ2v) is 9.61. The largest absolute Gasteiger partial charge is 2.00 e. The first kappa shape index (κ1) is 24.5. The molecule has 158 valence electrons. The first-order valence-corrected chi connectivity index (χ1v) is 9.99. The maximum atomic E-state index is 5.89. The van der Waals surface area contributed by atoms with E-state index in [0.29, 0.717) is 0 Å². The van der Waals surface area contributed by atoms with Crippen LogP contribution in [-0.2, 0) is 35.7 Å². The molecule has 4 rings (SSSR count). The number of rotatable bonds is 2. The van der Waals surface area contributed by atoms with E-state index in [2.05, 4.69) is 55.4 Å². The van der Waals surface area contributed by atoms with Crippen LogP contribution in [0.15, 0.2) is 48.5 Å². The SMILES string of the molecule is CC1(C)OB(c2ccc[cH-]2)OC1(C)C.CC1(C)OB(c2ccc[cH-]2)OC1(C)C.[Fe+2]. The van der Waals surface area contributed by atoms with Crippen LogP contribution in [-0.4, -0.2) is 36.6 Å². The van der Waals surface area contributed by atoms with E-state index in [9.17, 15) is 0 Å². The van der Waals surface area contributed by atoms with Gasteiger partial charge in [-0.25, -0.2) is 24.3 Å². The van der Waals surface area contributed by atoms with Crippen molar-refractivity contribution in [2.75, 3.05) is 0 Å². The minimum Gasteiger partial charge on any atom is -0.401 e. The van der Waals surface area contributed by atoms with Gasteiger partial charge < -0.3 is 18.6 Å². The minimum absolute atomic E-state index is 0. The van der Waals surface area contributed by atoms with E-state index in [1.165, 1.54) is 0 Å². The number of hydrogen-bond acceptors (Lipinski definition) is 4. The molecule has 0 spiro atoms. The van der Waals surface area contributed by atoms with Gasteiger partial charge in [0, 0.05) is 0 Å². The molecule has 29 heavy (non-hydrogen) atoms. The summed E-state index contributed by atoms with van der Waals surface area (Å²) < 4.78 is 23.5. The van der Waals surface area contributed by atoms with Gasteiger partial charge in [-0.3, -0.25) is 0 Å². The van der Waals surface area contributed by atoms with Crippen molar-refractivity contribution in [2.45, 2.75) is 77.8 Å². The van der Waals surface area contributed by atoms with E-state index in [1.54, 1.807) is 0 Å². The molecular weight excluding hydrogens is 406 g/mol. The van der Waals surface area contributed by atoms with Crippen LogP contribution in [0.2, 0.25) is 0 Å². The van der Waals surface area contributed by atoms with Crippen LogP contribution in [0.25, 0.3) is 0 Å². The van der Waals surface area contributed by atoms with E-state index in [0.717, 1.165) is 10.9 Å². The fourth-order valence-corrected chi connectivity index (χ4v) is 3.05. The molecule has 0 radical (unpaired) electrons. The second kappa shape index (κ2) is 8.37. The Morgan fingerprint density at radius 3 is 1.07 bits per heavy atom.